The van der Waals surface area contributed by atoms with Gasteiger partial charge in [-0.05, 0) is 60.9 Å². The summed E-state index contributed by atoms with van der Waals surface area (Å²) >= 11 is 0. The maximum absolute atomic E-state index is 11.6. The number of nitrogens with zero attached hydrogens (tertiary/aromatic N) is 4. The molecule has 1 aliphatic rings. The van der Waals surface area contributed by atoms with E-state index in [2.05, 4.69) is 14.5 Å². The molecule has 2 aromatic heterocycles. The zero-order valence-corrected chi connectivity index (χ0v) is 21.4. The maximum atomic E-state index is 11.6. The quantitative estimate of drug-likeness (QED) is 0.234. The Labute approximate surface area is 225 Å². The first-order chi connectivity index (χ1) is 19.1. The van der Waals surface area contributed by atoms with Gasteiger partial charge < -0.3 is 19.1 Å². The molecule has 8 nitrogen and oxygen atoms in total. The highest BCUT2D eigenvalue weighted by Crippen LogP contribution is 2.37. The first-order valence-electron chi connectivity index (χ1n) is 13.2. The molecule has 196 valence electrons. The average molecular weight is 521 g/mol. The molecule has 2 heterocycles. The number of aromatic carboxylic acids is 1. The van der Waals surface area contributed by atoms with E-state index in [1.165, 1.54) is 25.6 Å². The third-order valence-electron chi connectivity index (χ3n) is 7.06. The zero-order chi connectivity index (χ0) is 26.6. The van der Waals surface area contributed by atoms with E-state index < -0.39 is 5.97 Å². The summed E-state index contributed by atoms with van der Waals surface area (Å²) in [5.74, 6) is 1.33. The second-order valence-corrected chi connectivity index (χ2v) is 9.70. The molecule has 0 spiro atoms. The fraction of sp³-hybridized carbons (Fsp3) is 0.226. The predicted octanol–water partition coefficient (Wildman–Crippen LogP) is 7.07. The molecular weight excluding hydrogens is 492 g/mol. The van der Waals surface area contributed by atoms with Gasteiger partial charge in [0.15, 0.2) is 0 Å². The molecule has 0 radical (unpaired) electrons. The van der Waals surface area contributed by atoms with Crippen molar-refractivity contribution in [2.24, 2.45) is 0 Å². The number of imidazole rings is 1. The number of rotatable bonds is 8. The molecule has 1 saturated carbocycles. The Kier molecular flexibility index (Phi) is 6.91. The molecule has 1 fully saturated rings. The van der Waals surface area contributed by atoms with Crippen molar-refractivity contribution in [1.29, 1.82) is 0 Å². The number of benzene rings is 3. The Morgan fingerprint density at radius 3 is 2.44 bits per heavy atom. The number of ether oxygens (including phenoxy) is 2. The minimum absolute atomic E-state index is 0.239. The summed E-state index contributed by atoms with van der Waals surface area (Å²) in [4.78, 5) is 24.8. The minimum Gasteiger partial charge on any atom is -0.478 e. The molecule has 1 aliphatic carbocycles. The Balaban J connectivity index is 1.24. The second-order valence-electron chi connectivity index (χ2n) is 9.70. The predicted molar refractivity (Wildman–Crippen MR) is 147 cm³/mol. The molecule has 39 heavy (non-hydrogen) atoms. The standard InChI is InChI=1S/C31H28N4O4/c36-31(37)23-13-16-27-26(17-23)34-30(35(27)24-9-5-2-6-10-24)22-11-14-25(15-12-22)39-29-18-28(32-20-33-29)38-19-21-7-3-1-4-8-21/h1,3-4,7-8,11-18,20,24H,2,5-6,9-10,19H2,(H,36,37). The number of carboxylic acid groups (broad SMARTS) is 1. The lowest BCUT2D eigenvalue weighted by atomic mass is 9.95. The van der Waals surface area contributed by atoms with Crippen LogP contribution in [0.2, 0.25) is 0 Å². The second kappa shape index (κ2) is 10.9. The summed E-state index contributed by atoms with van der Waals surface area (Å²) in [5, 5.41) is 9.47. The van der Waals surface area contributed by atoms with E-state index in [1.54, 1.807) is 18.2 Å². The number of carboxylic acids is 1. The van der Waals surface area contributed by atoms with Crippen LogP contribution < -0.4 is 9.47 Å². The Bertz CT molecular complexity index is 1590. The third-order valence-corrected chi connectivity index (χ3v) is 7.06. The summed E-state index contributed by atoms with van der Waals surface area (Å²) in [5.41, 5.74) is 3.89. The average Bonchev–Trinajstić information content (AvgIpc) is 3.36. The molecule has 0 atom stereocenters. The van der Waals surface area contributed by atoms with Crippen molar-refractivity contribution in [1.82, 2.24) is 19.5 Å². The smallest absolute Gasteiger partial charge is 0.335 e. The van der Waals surface area contributed by atoms with Crippen LogP contribution >= 0.6 is 0 Å². The molecule has 0 aliphatic heterocycles. The topological polar surface area (TPSA) is 99.4 Å². The van der Waals surface area contributed by atoms with Crippen molar-refractivity contribution in [3.8, 4) is 28.9 Å². The third kappa shape index (κ3) is 5.45. The first-order valence-corrected chi connectivity index (χ1v) is 13.2. The van der Waals surface area contributed by atoms with Gasteiger partial charge in [-0.1, -0.05) is 49.6 Å². The molecule has 3 aromatic carbocycles. The fourth-order valence-electron chi connectivity index (χ4n) is 5.13. The number of fused-ring (bicyclic) bond motifs is 1. The van der Waals surface area contributed by atoms with Gasteiger partial charge >= 0.3 is 5.97 Å². The Morgan fingerprint density at radius 2 is 1.67 bits per heavy atom. The summed E-state index contributed by atoms with van der Waals surface area (Å²) in [7, 11) is 0. The van der Waals surface area contributed by atoms with Crippen LogP contribution in [0.5, 0.6) is 17.5 Å². The summed E-state index contributed by atoms with van der Waals surface area (Å²) in [6.07, 6.45) is 7.20. The van der Waals surface area contributed by atoms with Gasteiger partial charge in [0.05, 0.1) is 22.7 Å². The largest absolute Gasteiger partial charge is 0.478 e. The van der Waals surface area contributed by atoms with Crippen molar-refractivity contribution in [2.75, 3.05) is 0 Å². The fourth-order valence-corrected chi connectivity index (χ4v) is 5.13. The highest BCUT2D eigenvalue weighted by Gasteiger charge is 2.23. The SMILES string of the molecule is O=C(O)c1ccc2c(c1)nc(-c1ccc(Oc3cc(OCc4ccccc4)ncn3)cc1)n2C1CCCCC1. The van der Waals surface area contributed by atoms with E-state index in [9.17, 15) is 9.90 Å². The van der Waals surface area contributed by atoms with Gasteiger partial charge in [-0.2, -0.15) is 0 Å². The van der Waals surface area contributed by atoms with Crippen LogP contribution in [0.4, 0.5) is 0 Å². The van der Waals surface area contributed by atoms with Gasteiger partial charge in [-0.15, -0.1) is 0 Å². The van der Waals surface area contributed by atoms with Crippen LogP contribution in [-0.2, 0) is 6.61 Å². The number of aromatic nitrogens is 4. The number of hydrogen-bond donors (Lipinski definition) is 1. The van der Waals surface area contributed by atoms with E-state index in [0.29, 0.717) is 35.7 Å². The molecule has 1 N–H and O–H groups in total. The van der Waals surface area contributed by atoms with Crippen LogP contribution in [0, 0.1) is 0 Å². The van der Waals surface area contributed by atoms with Gasteiger partial charge in [-0.3, -0.25) is 0 Å². The lowest BCUT2D eigenvalue weighted by molar-refractivity contribution is 0.0697. The first kappa shape index (κ1) is 24.6. The van der Waals surface area contributed by atoms with Crippen molar-refractivity contribution in [3.63, 3.8) is 0 Å². The molecule has 6 rings (SSSR count). The normalized spacial score (nSPS) is 13.8. The molecule has 0 bridgehead atoms. The molecule has 0 unspecified atom stereocenters. The van der Waals surface area contributed by atoms with E-state index in [4.69, 9.17) is 14.5 Å². The lowest BCUT2D eigenvalue weighted by Crippen LogP contribution is -2.14. The monoisotopic (exact) mass is 520 g/mol. The van der Waals surface area contributed by atoms with Crippen molar-refractivity contribution < 1.29 is 19.4 Å². The van der Waals surface area contributed by atoms with E-state index in [1.807, 2.05) is 60.7 Å². The van der Waals surface area contributed by atoms with Crippen LogP contribution in [0.25, 0.3) is 22.4 Å². The molecule has 5 aromatic rings. The van der Waals surface area contributed by atoms with Gasteiger partial charge in [0.25, 0.3) is 0 Å². The van der Waals surface area contributed by atoms with Crippen molar-refractivity contribution in [2.45, 2.75) is 44.8 Å². The molecule has 0 saturated heterocycles. The van der Waals surface area contributed by atoms with Crippen LogP contribution in [-0.4, -0.2) is 30.6 Å². The van der Waals surface area contributed by atoms with Gasteiger partial charge in [0, 0.05) is 11.6 Å². The zero-order valence-electron chi connectivity index (χ0n) is 21.4. The number of carbonyl (C=O) groups is 1. The van der Waals surface area contributed by atoms with E-state index in [0.717, 1.165) is 35.3 Å². The van der Waals surface area contributed by atoms with Crippen molar-refractivity contribution >= 4 is 17.0 Å². The Morgan fingerprint density at radius 1 is 0.897 bits per heavy atom. The van der Waals surface area contributed by atoms with Gasteiger partial charge in [0.2, 0.25) is 11.8 Å². The Hall–Kier alpha value is -4.72. The molecular formula is C31H28N4O4. The highest BCUT2D eigenvalue weighted by atomic mass is 16.5. The summed E-state index contributed by atoms with van der Waals surface area (Å²) in [6, 6.07) is 24.8. The maximum Gasteiger partial charge on any atom is 0.335 e. The van der Waals surface area contributed by atoms with E-state index in [-0.39, 0.29) is 5.56 Å². The van der Waals surface area contributed by atoms with Crippen LogP contribution in [0.1, 0.15) is 54.1 Å². The highest BCUT2D eigenvalue weighted by molar-refractivity contribution is 5.93. The molecule has 0 amide bonds. The summed E-state index contributed by atoms with van der Waals surface area (Å²) < 4.78 is 14.1. The van der Waals surface area contributed by atoms with E-state index >= 15 is 0 Å². The van der Waals surface area contributed by atoms with Gasteiger partial charge in [-0.25, -0.2) is 19.7 Å². The van der Waals surface area contributed by atoms with Crippen LogP contribution in [0.15, 0.2) is 85.2 Å². The van der Waals surface area contributed by atoms with Crippen LogP contribution in [0.3, 0.4) is 0 Å². The number of hydrogen-bond acceptors (Lipinski definition) is 6. The summed E-state index contributed by atoms with van der Waals surface area (Å²) in [6.45, 7) is 0.405. The lowest BCUT2D eigenvalue weighted by Gasteiger charge is -2.25. The minimum atomic E-state index is -0.953. The molecule has 8 heteroatoms. The van der Waals surface area contributed by atoms with Gasteiger partial charge in [0.1, 0.15) is 24.5 Å². The van der Waals surface area contributed by atoms with Crippen molar-refractivity contribution in [3.05, 3.63) is 96.3 Å².